The van der Waals surface area contributed by atoms with E-state index in [4.69, 9.17) is 0 Å². The highest BCUT2D eigenvalue weighted by molar-refractivity contribution is 5.79. The van der Waals surface area contributed by atoms with Gasteiger partial charge in [-0.05, 0) is 31.4 Å². The van der Waals surface area contributed by atoms with Crippen molar-refractivity contribution in [3.8, 4) is 0 Å². The summed E-state index contributed by atoms with van der Waals surface area (Å²) in [6.45, 7) is 6.16. The fraction of sp³-hybridized carbons (Fsp3) is 0.579. The number of rotatable bonds is 6. The summed E-state index contributed by atoms with van der Waals surface area (Å²) >= 11 is 0. The molecule has 24 heavy (non-hydrogen) atoms. The van der Waals surface area contributed by atoms with Gasteiger partial charge in [-0.3, -0.25) is 9.59 Å². The average molecular weight is 331 g/mol. The topological polar surface area (TPSA) is 52.7 Å². The number of nitrogens with zero attached hydrogens (tertiary/aromatic N) is 2. The van der Waals surface area contributed by atoms with Crippen molar-refractivity contribution in [1.29, 1.82) is 0 Å². The molecule has 0 aromatic heterocycles. The Morgan fingerprint density at radius 2 is 1.96 bits per heavy atom. The monoisotopic (exact) mass is 331 g/mol. The van der Waals surface area contributed by atoms with Gasteiger partial charge in [0.2, 0.25) is 11.8 Å². The summed E-state index contributed by atoms with van der Waals surface area (Å²) in [6, 6.07) is 8.49. The molecule has 1 heterocycles. The number of fused-ring (bicyclic) bond motifs is 1. The molecule has 0 saturated heterocycles. The van der Waals surface area contributed by atoms with Gasteiger partial charge in [0.1, 0.15) is 0 Å². The normalized spacial score (nSPS) is 17.2. The molecule has 0 fully saturated rings. The summed E-state index contributed by atoms with van der Waals surface area (Å²) in [5, 5.41) is 2.78. The molecule has 1 aliphatic heterocycles. The zero-order valence-corrected chi connectivity index (χ0v) is 15.0. The Kier molecular flexibility index (Phi) is 6.64. The maximum absolute atomic E-state index is 12.8. The molecule has 5 nitrogen and oxygen atoms in total. The Morgan fingerprint density at radius 1 is 1.21 bits per heavy atom. The van der Waals surface area contributed by atoms with E-state index in [2.05, 4.69) is 36.3 Å². The predicted octanol–water partition coefficient (Wildman–Crippen LogP) is 2.55. The molecule has 1 aromatic carbocycles. The van der Waals surface area contributed by atoms with E-state index >= 15 is 0 Å². The highest BCUT2D eigenvalue weighted by Gasteiger charge is 2.28. The van der Waals surface area contributed by atoms with Crippen LogP contribution in [-0.2, 0) is 16.1 Å². The average Bonchev–Trinajstić information content (AvgIpc) is 2.72. The number of benzene rings is 1. The fourth-order valence-electron chi connectivity index (χ4n) is 3.31. The molecule has 0 saturated carbocycles. The first-order chi connectivity index (χ1) is 11.6. The van der Waals surface area contributed by atoms with Crippen molar-refractivity contribution in [3.05, 3.63) is 29.8 Å². The molecular formula is C19H29N3O2. The molecule has 132 valence electrons. The van der Waals surface area contributed by atoms with Gasteiger partial charge in [0.15, 0.2) is 0 Å². The Balaban J connectivity index is 2.04. The van der Waals surface area contributed by atoms with Crippen molar-refractivity contribution in [2.45, 2.75) is 52.1 Å². The van der Waals surface area contributed by atoms with Crippen molar-refractivity contribution in [3.63, 3.8) is 0 Å². The van der Waals surface area contributed by atoms with Crippen LogP contribution >= 0.6 is 0 Å². The van der Waals surface area contributed by atoms with Crippen LogP contribution in [0, 0.1) is 0 Å². The maximum Gasteiger partial charge on any atom is 0.223 e. The molecule has 1 aromatic rings. The van der Waals surface area contributed by atoms with E-state index in [-0.39, 0.29) is 17.9 Å². The van der Waals surface area contributed by atoms with Gasteiger partial charge in [0, 0.05) is 51.3 Å². The Hall–Kier alpha value is -2.04. The molecule has 2 rings (SSSR count). The van der Waals surface area contributed by atoms with E-state index in [0.717, 1.165) is 13.0 Å². The molecule has 0 radical (unpaired) electrons. The molecule has 2 amide bonds. The molecule has 0 spiro atoms. The number of carbonyl (C=O) groups excluding carboxylic acids is 2. The van der Waals surface area contributed by atoms with Gasteiger partial charge in [-0.2, -0.15) is 0 Å². The highest BCUT2D eigenvalue weighted by atomic mass is 16.2. The molecule has 5 heteroatoms. The molecule has 0 bridgehead atoms. The smallest absolute Gasteiger partial charge is 0.223 e. The Labute approximate surface area is 145 Å². The first-order valence-corrected chi connectivity index (χ1v) is 8.92. The van der Waals surface area contributed by atoms with Crippen LogP contribution in [0.25, 0.3) is 0 Å². The van der Waals surface area contributed by atoms with Gasteiger partial charge >= 0.3 is 0 Å². The number of hydrogen-bond donors (Lipinski definition) is 1. The second-order valence-electron chi connectivity index (χ2n) is 6.40. The quantitative estimate of drug-likeness (QED) is 0.871. The minimum atomic E-state index is 0.0262. The largest absolute Gasteiger partial charge is 0.372 e. The van der Waals surface area contributed by atoms with Crippen molar-refractivity contribution in [2.75, 3.05) is 25.0 Å². The van der Waals surface area contributed by atoms with Crippen LogP contribution in [0.3, 0.4) is 0 Å². The number of nitrogens with one attached hydrogen (secondary N) is 1. The van der Waals surface area contributed by atoms with Gasteiger partial charge in [-0.1, -0.05) is 25.1 Å². The number of carbonyl (C=O) groups is 2. The summed E-state index contributed by atoms with van der Waals surface area (Å²) in [4.78, 5) is 28.5. The van der Waals surface area contributed by atoms with E-state index in [1.807, 2.05) is 24.0 Å². The Morgan fingerprint density at radius 3 is 2.67 bits per heavy atom. The SMILES string of the molecule is CCNC(=O)CCCC(=O)N1Cc2ccccc2N(C)C[C@@H]1CC. The van der Waals surface area contributed by atoms with E-state index in [0.29, 0.717) is 32.4 Å². The van der Waals surface area contributed by atoms with Gasteiger partial charge in [0.05, 0.1) is 0 Å². The number of anilines is 1. The van der Waals surface area contributed by atoms with Crippen LogP contribution in [-0.4, -0.2) is 42.9 Å². The van der Waals surface area contributed by atoms with Crippen molar-refractivity contribution >= 4 is 17.5 Å². The lowest BCUT2D eigenvalue weighted by Gasteiger charge is -2.30. The van der Waals surface area contributed by atoms with Crippen LogP contribution < -0.4 is 10.2 Å². The van der Waals surface area contributed by atoms with Crippen molar-refractivity contribution in [1.82, 2.24) is 10.2 Å². The first kappa shape index (κ1) is 18.3. The van der Waals surface area contributed by atoms with Crippen molar-refractivity contribution < 1.29 is 9.59 Å². The van der Waals surface area contributed by atoms with E-state index in [1.165, 1.54) is 11.3 Å². The highest BCUT2D eigenvalue weighted by Crippen LogP contribution is 2.27. The predicted molar refractivity (Wildman–Crippen MR) is 96.9 cm³/mol. The van der Waals surface area contributed by atoms with Gasteiger partial charge < -0.3 is 15.1 Å². The second-order valence-corrected chi connectivity index (χ2v) is 6.40. The van der Waals surface area contributed by atoms with E-state index in [9.17, 15) is 9.59 Å². The van der Waals surface area contributed by atoms with Gasteiger partial charge in [-0.15, -0.1) is 0 Å². The molecule has 1 aliphatic rings. The van der Waals surface area contributed by atoms with Crippen LogP contribution in [0.5, 0.6) is 0 Å². The Bertz CT molecular complexity index is 573. The summed E-state index contributed by atoms with van der Waals surface area (Å²) < 4.78 is 0. The lowest BCUT2D eigenvalue weighted by molar-refractivity contribution is -0.134. The first-order valence-electron chi connectivity index (χ1n) is 8.92. The minimum Gasteiger partial charge on any atom is -0.372 e. The summed E-state index contributed by atoms with van der Waals surface area (Å²) in [6.07, 6.45) is 2.38. The zero-order valence-electron chi connectivity index (χ0n) is 15.0. The van der Waals surface area contributed by atoms with Crippen LogP contribution in [0.2, 0.25) is 0 Å². The molecule has 1 atom stereocenters. The molecule has 0 unspecified atom stereocenters. The third-order valence-corrected chi connectivity index (χ3v) is 4.63. The van der Waals surface area contributed by atoms with Gasteiger partial charge in [-0.25, -0.2) is 0 Å². The fourth-order valence-corrected chi connectivity index (χ4v) is 3.31. The van der Waals surface area contributed by atoms with Crippen LogP contribution in [0.4, 0.5) is 5.69 Å². The molecule has 0 aliphatic carbocycles. The third-order valence-electron chi connectivity index (χ3n) is 4.63. The number of amides is 2. The summed E-state index contributed by atoms with van der Waals surface area (Å²) in [7, 11) is 2.09. The van der Waals surface area contributed by atoms with Crippen molar-refractivity contribution in [2.24, 2.45) is 0 Å². The number of likely N-dealkylation sites (N-methyl/N-ethyl adjacent to an activating group) is 1. The third kappa shape index (κ3) is 4.49. The van der Waals surface area contributed by atoms with E-state index in [1.54, 1.807) is 0 Å². The zero-order chi connectivity index (χ0) is 17.5. The molecular weight excluding hydrogens is 302 g/mol. The molecule has 1 N–H and O–H groups in total. The van der Waals surface area contributed by atoms with Crippen LogP contribution in [0.1, 0.15) is 45.1 Å². The number of para-hydroxylation sites is 1. The summed E-state index contributed by atoms with van der Waals surface area (Å²) in [5.74, 6) is 0.175. The van der Waals surface area contributed by atoms with E-state index < -0.39 is 0 Å². The van der Waals surface area contributed by atoms with Crippen LogP contribution in [0.15, 0.2) is 24.3 Å². The second kappa shape index (κ2) is 8.71. The lowest BCUT2D eigenvalue weighted by atomic mass is 10.1. The maximum atomic E-state index is 12.8. The summed E-state index contributed by atoms with van der Waals surface area (Å²) in [5.41, 5.74) is 2.39. The standard InChI is InChI=1S/C19H29N3O2/c1-4-16-14-21(3)17-10-7-6-9-15(17)13-22(16)19(24)12-8-11-18(23)20-5-2/h6-7,9-10,16H,4-5,8,11-14H2,1-3H3,(H,20,23)/t16-/m0/s1. The van der Waals surface area contributed by atoms with Gasteiger partial charge in [0.25, 0.3) is 0 Å². The number of hydrogen-bond acceptors (Lipinski definition) is 3. The lowest BCUT2D eigenvalue weighted by Crippen LogP contribution is -2.43. The minimum absolute atomic E-state index is 0.0262.